The first-order valence-electron chi connectivity index (χ1n) is 7.53. The molecule has 4 heteroatoms. The fourth-order valence-electron chi connectivity index (χ4n) is 2.33. The summed E-state index contributed by atoms with van der Waals surface area (Å²) in [5, 5.41) is 3.33. The Balaban J connectivity index is 2.90. The van der Waals surface area contributed by atoms with Gasteiger partial charge >= 0.3 is 0 Å². The minimum Gasteiger partial charge on any atom is -0.309 e. The standard InChI is InChI=1S/C16H26F2N2/c1-4-10-19-15(12-20(6-3)11-5-2)13-8-7-9-14(17)16(13)18/h7-9,15,19H,4-6,10-12H2,1-3H3. The molecule has 1 aromatic rings. The lowest BCUT2D eigenvalue weighted by molar-refractivity contribution is 0.251. The largest absolute Gasteiger partial charge is 0.309 e. The molecule has 1 rings (SSSR count). The Kier molecular flexibility index (Phi) is 7.70. The maximum atomic E-state index is 14.0. The van der Waals surface area contributed by atoms with Crippen molar-refractivity contribution in [2.45, 2.75) is 39.7 Å². The van der Waals surface area contributed by atoms with E-state index in [-0.39, 0.29) is 6.04 Å². The highest BCUT2D eigenvalue weighted by Gasteiger charge is 2.19. The van der Waals surface area contributed by atoms with Gasteiger partial charge in [-0.05, 0) is 38.5 Å². The topological polar surface area (TPSA) is 15.3 Å². The van der Waals surface area contributed by atoms with Crippen molar-refractivity contribution in [2.24, 2.45) is 0 Å². The molecule has 0 aliphatic rings. The van der Waals surface area contributed by atoms with Gasteiger partial charge in [0.25, 0.3) is 0 Å². The summed E-state index contributed by atoms with van der Waals surface area (Å²) in [6.45, 7) is 9.66. The molecule has 0 bridgehead atoms. The number of rotatable bonds is 9. The zero-order chi connectivity index (χ0) is 15.0. The second-order valence-corrected chi connectivity index (χ2v) is 5.04. The molecule has 20 heavy (non-hydrogen) atoms. The predicted molar refractivity (Wildman–Crippen MR) is 79.8 cm³/mol. The lowest BCUT2D eigenvalue weighted by Gasteiger charge is -2.27. The summed E-state index contributed by atoms with van der Waals surface area (Å²) in [5.41, 5.74) is 0.424. The second-order valence-electron chi connectivity index (χ2n) is 5.04. The Morgan fingerprint density at radius 3 is 2.50 bits per heavy atom. The molecule has 0 fully saturated rings. The molecule has 0 aromatic heterocycles. The van der Waals surface area contributed by atoms with Crippen molar-refractivity contribution < 1.29 is 8.78 Å². The number of hydrogen-bond acceptors (Lipinski definition) is 2. The highest BCUT2D eigenvalue weighted by molar-refractivity contribution is 5.23. The van der Waals surface area contributed by atoms with Crippen LogP contribution in [0.15, 0.2) is 18.2 Å². The average Bonchev–Trinajstić information content (AvgIpc) is 2.45. The van der Waals surface area contributed by atoms with Crippen molar-refractivity contribution in [3.05, 3.63) is 35.4 Å². The number of likely N-dealkylation sites (N-methyl/N-ethyl adjacent to an activating group) is 1. The highest BCUT2D eigenvalue weighted by Crippen LogP contribution is 2.20. The van der Waals surface area contributed by atoms with Crippen LogP contribution in [0, 0.1) is 11.6 Å². The predicted octanol–water partition coefficient (Wildman–Crippen LogP) is 3.74. The third-order valence-corrected chi connectivity index (χ3v) is 3.43. The van der Waals surface area contributed by atoms with E-state index < -0.39 is 11.6 Å². The van der Waals surface area contributed by atoms with Crippen LogP contribution in [-0.4, -0.2) is 31.1 Å². The van der Waals surface area contributed by atoms with E-state index >= 15 is 0 Å². The normalized spacial score (nSPS) is 12.9. The molecule has 1 unspecified atom stereocenters. The van der Waals surface area contributed by atoms with Crippen molar-refractivity contribution in [1.82, 2.24) is 10.2 Å². The van der Waals surface area contributed by atoms with Crippen molar-refractivity contribution in [3.8, 4) is 0 Å². The van der Waals surface area contributed by atoms with E-state index in [1.165, 1.54) is 6.07 Å². The molecule has 114 valence electrons. The molecule has 0 saturated heterocycles. The van der Waals surface area contributed by atoms with Crippen LogP contribution in [0.4, 0.5) is 8.78 Å². The van der Waals surface area contributed by atoms with Gasteiger partial charge in [-0.3, -0.25) is 0 Å². The van der Waals surface area contributed by atoms with Crippen LogP contribution in [-0.2, 0) is 0 Å². The third kappa shape index (κ3) is 4.84. The summed E-state index contributed by atoms with van der Waals surface area (Å²) >= 11 is 0. The lowest BCUT2D eigenvalue weighted by Crippen LogP contribution is -2.36. The summed E-state index contributed by atoms with van der Waals surface area (Å²) in [6.07, 6.45) is 2.02. The molecular weight excluding hydrogens is 258 g/mol. The maximum absolute atomic E-state index is 14.0. The number of nitrogens with zero attached hydrogens (tertiary/aromatic N) is 1. The van der Waals surface area contributed by atoms with Gasteiger partial charge in [0.1, 0.15) is 0 Å². The third-order valence-electron chi connectivity index (χ3n) is 3.43. The maximum Gasteiger partial charge on any atom is 0.163 e. The van der Waals surface area contributed by atoms with Gasteiger partial charge in [-0.15, -0.1) is 0 Å². The second kappa shape index (κ2) is 9.03. The van der Waals surface area contributed by atoms with Crippen LogP contribution in [0.5, 0.6) is 0 Å². The van der Waals surface area contributed by atoms with Crippen LogP contribution in [0.1, 0.15) is 45.2 Å². The number of benzene rings is 1. The lowest BCUT2D eigenvalue weighted by atomic mass is 10.0. The van der Waals surface area contributed by atoms with Crippen LogP contribution in [0.2, 0.25) is 0 Å². The molecule has 2 nitrogen and oxygen atoms in total. The van der Waals surface area contributed by atoms with Gasteiger partial charge < -0.3 is 10.2 Å². The summed E-state index contributed by atoms with van der Waals surface area (Å²) in [6, 6.07) is 4.24. The Morgan fingerprint density at radius 1 is 1.15 bits per heavy atom. The van der Waals surface area contributed by atoms with Gasteiger partial charge in [0.15, 0.2) is 11.6 Å². The van der Waals surface area contributed by atoms with Gasteiger partial charge in [-0.2, -0.15) is 0 Å². The van der Waals surface area contributed by atoms with Gasteiger partial charge in [-0.1, -0.05) is 32.9 Å². The molecule has 0 heterocycles. The SMILES string of the molecule is CCCNC(CN(CC)CCC)c1cccc(F)c1F. The van der Waals surface area contributed by atoms with E-state index in [0.29, 0.717) is 12.1 Å². The zero-order valence-corrected chi connectivity index (χ0v) is 12.8. The first-order chi connectivity index (χ1) is 9.63. The quantitative estimate of drug-likeness (QED) is 0.743. The van der Waals surface area contributed by atoms with E-state index in [2.05, 4.69) is 31.0 Å². The molecule has 1 aromatic carbocycles. The Labute approximate surface area is 121 Å². The van der Waals surface area contributed by atoms with E-state index in [1.54, 1.807) is 12.1 Å². The van der Waals surface area contributed by atoms with Crippen molar-refractivity contribution >= 4 is 0 Å². The molecular formula is C16H26F2N2. The van der Waals surface area contributed by atoms with Crippen LogP contribution >= 0.6 is 0 Å². The average molecular weight is 284 g/mol. The molecule has 1 atom stereocenters. The van der Waals surface area contributed by atoms with Crippen molar-refractivity contribution in [2.75, 3.05) is 26.2 Å². The highest BCUT2D eigenvalue weighted by atomic mass is 19.2. The van der Waals surface area contributed by atoms with Gasteiger partial charge in [-0.25, -0.2) is 8.78 Å². The molecule has 0 radical (unpaired) electrons. The molecule has 1 N–H and O–H groups in total. The van der Waals surface area contributed by atoms with Gasteiger partial charge in [0.2, 0.25) is 0 Å². The first kappa shape index (κ1) is 17.1. The molecule has 0 amide bonds. The van der Waals surface area contributed by atoms with Crippen molar-refractivity contribution in [1.29, 1.82) is 0 Å². The Morgan fingerprint density at radius 2 is 1.90 bits per heavy atom. The molecule has 0 aliphatic heterocycles. The van der Waals surface area contributed by atoms with Gasteiger partial charge in [0, 0.05) is 18.2 Å². The molecule has 0 spiro atoms. The minimum atomic E-state index is -0.774. The van der Waals surface area contributed by atoms with Crippen LogP contribution in [0.3, 0.4) is 0 Å². The van der Waals surface area contributed by atoms with Crippen molar-refractivity contribution in [3.63, 3.8) is 0 Å². The Hall–Kier alpha value is -1.00. The fraction of sp³-hybridized carbons (Fsp3) is 0.625. The van der Waals surface area contributed by atoms with E-state index in [0.717, 1.165) is 32.5 Å². The zero-order valence-electron chi connectivity index (χ0n) is 12.8. The van der Waals surface area contributed by atoms with Gasteiger partial charge in [0.05, 0.1) is 0 Å². The monoisotopic (exact) mass is 284 g/mol. The van der Waals surface area contributed by atoms with Crippen LogP contribution < -0.4 is 5.32 Å². The Bertz CT molecular complexity index is 396. The van der Waals surface area contributed by atoms with Crippen LogP contribution in [0.25, 0.3) is 0 Å². The minimum absolute atomic E-state index is 0.169. The summed E-state index contributed by atoms with van der Waals surface area (Å²) < 4.78 is 27.4. The van der Waals surface area contributed by atoms with E-state index in [9.17, 15) is 8.78 Å². The molecule has 0 saturated carbocycles. The number of nitrogens with one attached hydrogen (secondary N) is 1. The van der Waals surface area contributed by atoms with E-state index in [4.69, 9.17) is 0 Å². The van der Waals surface area contributed by atoms with E-state index in [1.807, 2.05) is 0 Å². The summed E-state index contributed by atoms with van der Waals surface area (Å²) in [5.74, 6) is -1.50. The summed E-state index contributed by atoms with van der Waals surface area (Å²) in [4.78, 5) is 2.26. The first-order valence-corrected chi connectivity index (χ1v) is 7.53. The fourth-order valence-corrected chi connectivity index (χ4v) is 2.33. The smallest absolute Gasteiger partial charge is 0.163 e. The summed E-state index contributed by atoms with van der Waals surface area (Å²) in [7, 11) is 0. The molecule has 0 aliphatic carbocycles. The number of hydrogen-bond donors (Lipinski definition) is 1. The number of halogens is 2.